The minimum Gasteiger partial charge on any atom is -0.378 e. The minimum absolute atomic E-state index is 0.674. The number of rotatable bonds is 3. The van der Waals surface area contributed by atoms with Gasteiger partial charge in [-0.1, -0.05) is 0 Å². The van der Waals surface area contributed by atoms with Gasteiger partial charge in [-0.15, -0.1) is 0 Å². The van der Waals surface area contributed by atoms with E-state index in [-0.39, 0.29) is 0 Å². The lowest BCUT2D eigenvalue weighted by Gasteiger charge is -2.28. The van der Waals surface area contributed by atoms with Gasteiger partial charge in [-0.05, 0) is 24.3 Å². The third-order valence-corrected chi connectivity index (χ3v) is 5.34. The molecule has 0 aliphatic carbocycles. The molecule has 6 rings (SSSR count). The number of morpholine rings is 1. The zero-order valence-electron chi connectivity index (χ0n) is 16.0. The van der Waals surface area contributed by atoms with Crippen LogP contribution in [-0.2, 0) is 4.74 Å². The lowest BCUT2D eigenvalue weighted by molar-refractivity contribution is 0.123. The van der Waals surface area contributed by atoms with Crippen molar-refractivity contribution in [3.8, 4) is 22.8 Å². The van der Waals surface area contributed by atoms with Crippen molar-refractivity contribution in [1.82, 2.24) is 35.1 Å². The number of fused-ring (bicyclic) bond motifs is 2. The molecule has 0 spiro atoms. The van der Waals surface area contributed by atoms with Crippen LogP contribution in [0.5, 0.6) is 0 Å². The molecule has 1 saturated heterocycles. The van der Waals surface area contributed by atoms with Crippen molar-refractivity contribution < 1.29 is 4.74 Å². The number of aromatic nitrogens is 7. The Kier molecular flexibility index (Phi) is 3.91. The van der Waals surface area contributed by atoms with Gasteiger partial charge < -0.3 is 14.6 Å². The summed E-state index contributed by atoms with van der Waals surface area (Å²) < 4.78 is 5.48. The molecule has 1 aliphatic heterocycles. The number of H-pyrrole nitrogens is 2. The summed E-state index contributed by atoms with van der Waals surface area (Å²) in [5.74, 6) is 0.674. The van der Waals surface area contributed by atoms with Gasteiger partial charge in [0, 0.05) is 42.6 Å². The Balaban J connectivity index is 1.47. The standard InChI is InChI=1S/C21H18N8O/c1-2-13(11-22-4-1)15-10-14-16(12-24-15)27-28-18(14)21-25-19-17(3-5-23-20(19)26-21)29-6-8-30-9-7-29/h1-5,10-12H,6-9H2,(H,27,28)(H,23,25,26). The Morgan fingerprint density at radius 1 is 1.03 bits per heavy atom. The van der Waals surface area contributed by atoms with E-state index in [0.29, 0.717) is 5.82 Å². The third kappa shape index (κ3) is 2.79. The van der Waals surface area contributed by atoms with Gasteiger partial charge in [0.1, 0.15) is 11.2 Å². The Hall–Kier alpha value is -3.85. The van der Waals surface area contributed by atoms with Gasteiger partial charge in [0.05, 0.1) is 36.3 Å². The van der Waals surface area contributed by atoms with Crippen molar-refractivity contribution in [3.63, 3.8) is 0 Å². The molecule has 1 aliphatic rings. The summed E-state index contributed by atoms with van der Waals surface area (Å²) in [6.07, 6.45) is 7.14. The predicted molar refractivity (Wildman–Crippen MR) is 113 cm³/mol. The zero-order chi connectivity index (χ0) is 19.9. The number of hydrogen-bond acceptors (Lipinski definition) is 7. The summed E-state index contributed by atoms with van der Waals surface area (Å²) in [6.45, 7) is 3.12. The van der Waals surface area contributed by atoms with Crippen LogP contribution in [0.25, 0.3) is 44.8 Å². The van der Waals surface area contributed by atoms with Crippen molar-refractivity contribution in [2.75, 3.05) is 31.2 Å². The van der Waals surface area contributed by atoms with Gasteiger partial charge in [0.2, 0.25) is 0 Å². The van der Waals surface area contributed by atoms with E-state index < -0.39 is 0 Å². The normalized spacial score (nSPS) is 14.6. The molecule has 6 heterocycles. The van der Waals surface area contributed by atoms with Crippen molar-refractivity contribution in [3.05, 3.63) is 49.1 Å². The maximum absolute atomic E-state index is 5.48. The highest BCUT2D eigenvalue weighted by Gasteiger charge is 2.19. The van der Waals surface area contributed by atoms with E-state index in [4.69, 9.17) is 9.72 Å². The molecule has 0 atom stereocenters. The van der Waals surface area contributed by atoms with Gasteiger partial charge in [0.15, 0.2) is 11.5 Å². The van der Waals surface area contributed by atoms with E-state index in [2.05, 4.69) is 35.0 Å². The van der Waals surface area contributed by atoms with E-state index in [1.54, 1.807) is 18.6 Å². The molecule has 0 amide bonds. The molecule has 5 aromatic heterocycles. The van der Waals surface area contributed by atoms with Crippen LogP contribution in [0.2, 0.25) is 0 Å². The van der Waals surface area contributed by atoms with Crippen LogP contribution in [0.4, 0.5) is 5.69 Å². The Morgan fingerprint density at radius 3 is 2.83 bits per heavy atom. The van der Waals surface area contributed by atoms with Crippen molar-refractivity contribution in [1.29, 1.82) is 0 Å². The van der Waals surface area contributed by atoms with E-state index in [9.17, 15) is 0 Å². The number of nitrogens with zero attached hydrogens (tertiary/aromatic N) is 6. The number of pyridine rings is 3. The Morgan fingerprint density at radius 2 is 1.97 bits per heavy atom. The fourth-order valence-corrected chi connectivity index (χ4v) is 3.84. The average Bonchev–Trinajstić information content (AvgIpc) is 3.43. The topological polar surface area (TPSA) is 109 Å². The zero-order valence-corrected chi connectivity index (χ0v) is 16.0. The number of nitrogens with one attached hydrogen (secondary N) is 2. The van der Waals surface area contributed by atoms with Crippen molar-refractivity contribution in [2.24, 2.45) is 0 Å². The third-order valence-electron chi connectivity index (χ3n) is 5.34. The quantitative estimate of drug-likeness (QED) is 0.481. The second kappa shape index (κ2) is 6.89. The fourth-order valence-electron chi connectivity index (χ4n) is 3.84. The Labute approximate surface area is 171 Å². The number of ether oxygens (including phenoxy) is 1. The van der Waals surface area contributed by atoms with Crippen LogP contribution < -0.4 is 4.90 Å². The van der Waals surface area contributed by atoms with Crippen molar-refractivity contribution >= 4 is 27.8 Å². The highest BCUT2D eigenvalue weighted by atomic mass is 16.5. The second-order valence-electron chi connectivity index (χ2n) is 7.14. The fraction of sp³-hybridized carbons (Fsp3) is 0.190. The first-order valence-electron chi connectivity index (χ1n) is 9.79. The highest BCUT2D eigenvalue weighted by Crippen LogP contribution is 2.31. The maximum atomic E-state index is 5.48. The summed E-state index contributed by atoms with van der Waals surface area (Å²) in [6, 6.07) is 7.90. The number of hydrogen-bond donors (Lipinski definition) is 2. The monoisotopic (exact) mass is 398 g/mol. The van der Waals surface area contributed by atoms with Crippen LogP contribution in [0.3, 0.4) is 0 Å². The number of anilines is 1. The average molecular weight is 398 g/mol. The molecule has 0 aromatic carbocycles. The smallest absolute Gasteiger partial charge is 0.161 e. The first-order chi connectivity index (χ1) is 14.9. The van der Waals surface area contributed by atoms with E-state index in [1.807, 2.05) is 30.5 Å². The molecule has 0 saturated carbocycles. The van der Waals surface area contributed by atoms with Crippen LogP contribution in [-0.4, -0.2) is 61.4 Å². The molecule has 30 heavy (non-hydrogen) atoms. The lowest BCUT2D eigenvalue weighted by atomic mass is 10.1. The van der Waals surface area contributed by atoms with Crippen LogP contribution in [0, 0.1) is 0 Å². The first-order valence-corrected chi connectivity index (χ1v) is 9.79. The molecule has 0 bridgehead atoms. The Bertz CT molecular complexity index is 1340. The minimum atomic E-state index is 0.674. The predicted octanol–water partition coefficient (Wildman–Crippen LogP) is 2.79. The molecule has 148 valence electrons. The van der Waals surface area contributed by atoms with Gasteiger partial charge in [-0.2, -0.15) is 5.10 Å². The van der Waals surface area contributed by atoms with Gasteiger partial charge in [0.25, 0.3) is 0 Å². The summed E-state index contributed by atoms with van der Waals surface area (Å²) in [5.41, 5.74) is 6.01. The molecule has 2 N–H and O–H groups in total. The molecule has 1 fully saturated rings. The summed E-state index contributed by atoms with van der Waals surface area (Å²) >= 11 is 0. The van der Waals surface area contributed by atoms with E-state index in [1.165, 1.54) is 0 Å². The molecular formula is C21H18N8O. The number of imidazole rings is 1. The molecule has 0 unspecified atom stereocenters. The second-order valence-corrected chi connectivity index (χ2v) is 7.14. The molecule has 5 aromatic rings. The largest absolute Gasteiger partial charge is 0.378 e. The van der Waals surface area contributed by atoms with Crippen LogP contribution in [0.1, 0.15) is 0 Å². The van der Waals surface area contributed by atoms with E-state index in [0.717, 1.165) is 71.0 Å². The molecular weight excluding hydrogens is 380 g/mol. The van der Waals surface area contributed by atoms with Crippen LogP contribution in [0.15, 0.2) is 49.1 Å². The molecule has 9 heteroatoms. The number of aromatic amines is 2. The summed E-state index contributed by atoms with van der Waals surface area (Å²) in [4.78, 5) is 23.7. The summed E-state index contributed by atoms with van der Waals surface area (Å²) in [7, 11) is 0. The molecule has 0 radical (unpaired) electrons. The maximum Gasteiger partial charge on any atom is 0.161 e. The molecule has 9 nitrogen and oxygen atoms in total. The van der Waals surface area contributed by atoms with E-state index >= 15 is 0 Å². The van der Waals surface area contributed by atoms with Gasteiger partial charge in [-0.25, -0.2) is 9.97 Å². The lowest BCUT2D eigenvalue weighted by Crippen LogP contribution is -2.36. The van der Waals surface area contributed by atoms with Crippen molar-refractivity contribution in [2.45, 2.75) is 0 Å². The van der Waals surface area contributed by atoms with Crippen LogP contribution >= 0.6 is 0 Å². The SMILES string of the molecule is c1cncc(-c2cc3c(-c4nc5c(N6CCOCC6)ccnc5[nH]4)n[nH]c3cn2)c1. The van der Waals surface area contributed by atoms with Gasteiger partial charge >= 0.3 is 0 Å². The summed E-state index contributed by atoms with van der Waals surface area (Å²) in [5, 5.41) is 8.49. The van der Waals surface area contributed by atoms with Gasteiger partial charge in [-0.3, -0.25) is 15.1 Å². The first kappa shape index (κ1) is 17.0. The highest BCUT2D eigenvalue weighted by molar-refractivity contribution is 5.95.